The van der Waals surface area contributed by atoms with Gasteiger partial charge in [0.05, 0.1) is 12.3 Å². The molecular formula is C13H15FN2O. The first-order valence-corrected chi connectivity index (χ1v) is 5.45. The highest BCUT2D eigenvalue weighted by Crippen LogP contribution is 2.21. The molecule has 1 aromatic heterocycles. The monoisotopic (exact) mass is 234 g/mol. The van der Waals surface area contributed by atoms with E-state index in [4.69, 9.17) is 10.3 Å². The lowest BCUT2D eigenvalue weighted by Crippen LogP contribution is -2.29. The minimum atomic E-state index is -0.215. The van der Waals surface area contributed by atoms with Crippen LogP contribution in [-0.4, -0.2) is 0 Å². The fraction of sp³-hybridized carbons (Fsp3) is 0.231. The van der Waals surface area contributed by atoms with Crippen molar-refractivity contribution in [2.24, 2.45) is 5.84 Å². The molecule has 0 aliphatic carbocycles. The van der Waals surface area contributed by atoms with Gasteiger partial charge in [-0.2, -0.15) is 0 Å². The molecule has 0 spiro atoms. The van der Waals surface area contributed by atoms with E-state index in [2.05, 4.69) is 5.43 Å². The summed E-state index contributed by atoms with van der Waals surface area (Å²) in [6, 6.07) is 8.43. The van der Waals surface area contributed by atoms with Crippen molar-refractivity contribution in [2.75, 3.05) is 0 Å². The third-order valence-corrected chi connectivity index (χ3v) is 2.74. The van der Waals surface area contributed by atoms with Crippen LogP contribution in [0.25, 0.3) is 0 Å². The zero-order valence-electron chi connectivity index (χ0n) is 9.61. The van der Waals surface area contributed by atoms with E-state index in [-0.39, 0.29) is 11.9 Å². The first-order valence-electron chi connectivity index (χ1n) is 5.45. The molecule has 0 amide bonds. The Balaban J connectivity index is 2.18. The van der Waals surface area contributed by atoms with E-state index in [1.807, 2.05) is 19.1 Å². The molecule has 4 heteroatoms. The summed E-state index contributed by atoms with van der Waals surface area (Å²) in [4.78, 5) is 0. The van der Waals surface area contributed by atoms with Crippen LogP contribution in [0.4, 0.5) is 4.39 Å². The van der Waals surface area contributed by atoms with Gasteiger partial charge in [-0.15, -0.1) is 0 Å². The fourth-order valence-electron chi connectivity index (χ4n) is 1.80. The SMILES string of the molecule is Cc1cc(C(Cc2ccccc2F)NN)co1. The second kappa shape index (κ2) is 5.12. The topological polar surface area (TPSA) is 51.2 Å². The Bertz CT molecular complexity index is 496. The standard InChI is InChI=1S/C13H15FN2O/c1-9-6-11(8-17-9)13(16-15)7-10-4-2-3-5-12(10)14/h2-6,8,13,16H,7,15H2,1H3. The molecule has 1 heterocycles. The summed E-state index contributed by atoms with van der Waals surface area (Å²) in [5.41, 5.74) is 4.24. The molecule has 0 bridgehead atoms. The zero-order chi connectivity index (χ0) is 12.3. The van der Waals surface area contributed by atoms with E-state index < -0.39 is 0 Å². The van der Waals surface area contributed by atoms with Gasteiger partial charge in [0.25, 0.3) is 0 Å². The van der Waals surface area contributed by atoms with Gasteiger partial charge in [0.1, 0.15) is 11.6 Å². The molecule has 1 unspecified atom stereocenters. The van der Waals surface area contributed by atoms with Gasteiger partial charge in [-0.05, 0) is 31.0 Å². The Morgan fingerprint density at radius 2 is 2.18 bits per heavy atom. The Morgan fingerprint density at radius 1 is 1.41 bits per heavy atom. The smallest absolute Gasteiger partial charge is 0.126 e. The summed E-state index contributed by atoms with van der Waals surface area (Å²) in [7, 11) is 0. The average molecular weight is 234 g/mol. The lowest BCUT2D eigenvalue weighted by Gasteiger charge is -2.14. The predicted octanol–water partition coefficient (Wildman–Crippen LogP) is 2.47. The summed E-state index contributed by atoms with van der Waals surface area (Å²) in [5, 5.41) is 0. The highest BCUT2D eigenvalue weighted by atomic mass is 19.1. The summed E-state index contributed by atoms with van der Waals surface area (Å²) in [5.74, 6) is 6.10. The Morgan fingerprint density at radius 3 is 2.76 bits per heavy atom. The molecule has 2 rings (SSSR count). The van der Waals surface area contributed by atoms with E-state index in [0.717, 1.165) is 11.3 Å². The van der Waals surface area contributed by atoms with Crippen molar-refractivity contribution in [1.29, 1.82) is 0 Å². The quantitative estimate of drug-likeness (QED) is 0.631. The van der Waals surface area contributed by atoms with Crippen molar-refractivity contribution >= 4 is 0 Å². The molecule has 0 aliphatic heterocycles. The number of hydrazine groups is 1. The molecule has 0 aliphatic rings. The first kappa shape index (κ1) is 11.8. The van der Waals surface area contributed by atoms with Gasteiger partial charge >= 0.3 is 0 Å². The summed E-state index contributed by atoms with van der Waals surface area (Å²) in [6.45, 7) is 1.86. The second-order valence-corrected chi connectivity index (χ2v) is 4.01. The molecule has 0 saturated carbocycles. The van der Waals surface area contributed by atoms with Crippen LogP contribution in [-0.2, 0) is 6.42 Å². The number of halogens is 1. The van der Waals surface area contributed by atoms with Gasteiger partial charge in [-0.3, -0.25) is 11.3 Å². The third kappa shape index (κ3) is 2.72. The molecule has 90 valence electrons. The molecule has 1 aromatic carbocycles. The van der Waals surface area contributed by atoms with Crippen molar-refractivity contribution < 1.29 is 8.81 Å². The number of hydrogen-bond donors (Lipinski definition) is 2. The Kier molecular flexibility index (Phi) is 3.56. The number of nitrogens with two attached hydrogens (primary N) is 1. The van der Waals surface area contributed by atoms with Crippen LogP contribution in [0.1, 0.15) is 22.9 Å². The molecule has 0 fully saturated rings. The lowest BCUT2D eigenvalue weighted by atomic mass is 10.0. The van der Waals surface area contributed by atoms with E-state index in [0.29, 0.717) is 12.0 Å². The first-order chi connectivity index (χ1) is 8.20. The molecule has 1 atom stereocenters. The van der Waals surface area contributed by atoms with Crippen molar-refractivity contribution in [1.82, 2.24) is 5.43 Å². The number of hydrogen-bond acceptors (Lipinski definition) is 3. The molecule has 2 aromatic rings. The normalized spacial score (nSPS) is 12.6. The number of furan rings is 1. The summed E-state index contributed by atoms with van der Waals surface area (Å²) < 4.78 is 18.7. The molecule has 3 N–H and O–H groups in total. The van der Waals surface area contributed by atoms with Crippen LogP contribution in [0.3, 0.4) is 0 Å². The van der Waals surface area contributed by atoms with Gasteiger partial charge in [0.15, 0.2) is 0 Å². The van der Waals surface area contributed by atoms with Crippen LogP contribution in [0.2, 0.25) is 0 Å². The van der Waals surface area contributed by atoms with E-state index in [1.165, 1.54) is 6.07 Å². The van der Waals surface area contributed by atoms with Crippen molar-refractivity contribution in [2.45, 2.75) is 19.4 Å². The second-order valence-electron chi connectivity index (χ2n) is 4.01. The van der Waals surface area contributed by atoms with Crippen LogP contribution >= 0.6 is 0 Å². The Hall–Kier alpha value is -1.65. The van der Waals surface area contributed by atoms with Crippen LogP contribution < -0.4 is 11.3 Å². The van der Waals surface area contributed by atoms with E-state index in [9.17, 15) is 4.39 Å². The third-order valence-electron chi connectivity index (χ3n) is 2.74. The minimum Gasteiger partial charge on any atom is -0.469 e. The van der Waals surface area contributed by atoms with Gasteiger partial charge in [-0.1, -0.05) is 18.2 Å². The van der Waals surface area contributed by atoms with Crippen LogP contribution in [0.15, 0.2) is 41.0 Å². The van der Waals surface area contributed by atoms with Crippen molar-refractivity contribution in [3.05, 3.63) is 59.3 Å². The molecule has 3 nitrogen and oxygen atoms in total. The number of aryl methyl sites for hydroxylation is 1. The van der Waals surface area contributed by atoms with Crippen LogP contribution in [0.5, 0.6) is 0 Å². The van der Waals surface area contributed by atoms with Gasteiger partial charge in [0, 0.05) is 5.56 Å². The van der Waals surface area contributed by atoms with Crippen molar-refractivity contribution in [3.8, 4) is 0 Å². The van der Waals surface area contributed by atoms with E-state index in [1.54, 1.807) is 18.4 Å². The summed E-state index contributed by atoms with van der Waals surface area (Å²) in [6.07, 6.45) is 2.13. The zero-order valence-corrected chi connectivity index (χ0v) is 9.61. The highest BCUT2D eigenvalue weighted by Gasteiger charge is 2.14. The number of rotatable bonds is 4. The maximum atomic E-state index is 13.5. The molecule has 0 saturated heterocycles. The number of benzene rings is 1. The Labute approximate surface area is 99.4 Å². The number of nitrogens with one attached hydrogen (secondary N) is 1. The van der Waals surface area contributed by atoms with Gasteiger partial charge in [0.2, 0.25) is 0 Å². The van der Waals surface area contributed by atoms with Crippen LogP contribution in [0, 0.1) is 12.7 Å². The average Bonchev–Trinajstić information content (AvgIpc) is 2.75. The van der Waals surface area contributed by atoms with Crippen molar-refractivity contribution in [3.63, 3.8) is 0 Å². The maximum absolute atomic E-state index is 13.5. The molecule has 17 heavy (non-hydrogen) atoms. The molecule has 0 radical (unpaired) electrons. The fourth-order valence-corrected chi connectivity index (χ4v) is 1.80. The lowest BCUT2D eigenvalue weighted by molar-refractivity contribution is 0.504. The van der Waals surface area contributed by atoms with E-state index >= 15 is 0 Å². The molecular weight excluding hydrogens is 219 g/mol. The highest BCUT2D eigenvalue weighted by molar-refractivity contribution is 5.23. The van der Waals surface area contributed by atoms with Gasteiger partial charge in [-0.25, -0.2) is 4.39 Å². The predicted molar refractivity (Wildman–Crippen MR) is 63.6 cm³/mol. The van der Waals surface area contributed by atoms with Gasteiger partial charge < -0.3 is 4.42 Å². The maximum Gasteiger partial charge on any atom is 0.126 e. The largest absolute Gasteiger partial charge is 0.469 e. The minimum absolute atomic E-state index is 0.149. The summed E-state index contributed by atoms with van der Waals surface area (Å²) >= 11 is 0.